The molecule has 3 atom stereocenters. The second-order valence-corrected chi connectivity index (χ2v) is 9.68. The number of aryl methyl sites for hydroxylation is 2. The maximum atomic E-state index is 6.00. The third-order valence-corrected chi connectivity index (χ3v) is 7.58. The Balaban J connectivity index is 1.61. The van der Waals surface area contributed by atoms with Crippen LogP contribution >= 0.6 is 12.2 Å². The number of aromatic nitrogens is 2. The van der Waals surface area contributed by atoms with Crippen LogP contribution in [0.25, 0.3) is 5.69 Å². The molecule has 2 saturated heterocycles. The molecule has 0 unspecified atom stereocenters. The second-order valence-electron chi connectivity index (χ2n) is 9.29. The number of thiocarbonyl (C=S) groups is 1. The van der Waals surface area contributed by atoms with Crippen LogP contribution in [-0.2, 0) is 4.74 Å². The van der Waals surface area contributed by atoms with Gasteiger partial charge in [0, 0.05) is 36.4 Å². The topological polar surface area (TPSA) is 42.3 Å². The van der Waals surface area contributed by atoms with Gasteiger partial charge in [0.1, 0.15) is 0 Å². The van der Waals surface area contributed by atoms with Gasteiger partial charge in [-0.1, -0.05) is 18.2 Å². The summed E-state index contributed by atoms with van der Waals surface area (Å²) in [6.45, 7) is 10.4. The zero-order valence-corrected chi connectivity index (χ0v) is 20.7. The SMILES string of the molecule is Cc1cccc(-n2c(C)cc([C@@H]3[C@H](c4ccccn4)NC(=S)N3C[C@@H]3CCCO3)c2C)c1C. The van der Waals surface area contributed by atoms with Crippen LogP contribution in [0.15, 0.2) is 48.7 Å². The molecule has 33 heavy (non-hydrogen) atoms. The lowest BCUT2D eigenvalue weighted by Crippen LogP contribution is -2.36. The van der Waals surface area contributed by atoms with Crippen molar-refractivity contribution in [3.05, 3.63) is 82.4 Å². The average Bonchev–Trinajstić information content (AvgIpc) is 3.51. The molecular weight excluding hydrogens is 428 g/mol. The fourth-order valence-electron chi connectivity index (χ4n) is 5.38. The summed E-state index contributed by atoms with van der Waals surface area (Å²) in [6, 6.07) is 15.0. The lowest BCUT2D eigenvalue weighted by atomic mass is 9.96. The quantitative estimate of drug-likeness (QED) is 0.526. The Morgan fingerprint density at radius 3 is 2.70 bits per heavy atom. The fourth-order valence-corrected chi connectivity index (χ4v) is 5.70. The molecular formula is C27H32N4OS. The van der Waals surface area contributed by atoms with E-state index in [4.69, 9.17) is 21.9 Å². The van der Waals surface area contributed by atoms with Crippen molar-refractivity contribution >= 4 is 17.3 Å². The van der Waals surface area contributed by atoms with E-state index in [2.05, 4.69) is 72.8 Å². The van der Waals surface area contributed by atoms with Crippen molar-refractivity contribution in [3.63, 3.8) is 0 Å². The van der Waals surface area contributed by atoms with Gasteiger partial charge in [-0.05, 0) is 93.7 Å². The highest BCUT2D eigenvalue weighted by atomic mass is 32.1. The normalized spacial score (nSPS) is 22.7. The van der Waals surface area contributed by atoms with Crippen molar-refractivity contribution in [2.75, 3.05) is 13.2 Å². The minimum Gasteiger partial charge on any atom is -0.376 e. The highest BCUT2D eigenvalue weighted by molar-refractivity contribution is 7.80. The first-order chi connectivity index (χ1) is 16.0. The van der Waals surface area contributed by atoms with Crippen molar-refractivity contribution in [1.82, 2.24) is 19.8 Å². The van der Waals surface area contributed by atoms with E-state index in [1.165, 1.54) is 33.8 Å². The Hall–Kier alpha value is -2.70. The minimum absolute atomic E-state index is 0.00680. The van der Waals surface area contributed by atoms with E-state index < -0.39 is 0 Å². The van der Waals surface area contributed by atoms with Crippen molar-refractivity contribution in [1.29, 1.82) is 0 Å². The van der Waals surface area contributed by atoms with E-state index in [1.807, 2.05) is 18.3 Å². The molecule has 172 valence electrons. The third-order valence-electron chi connectivity index (χ3n) is 7.23. The van der Waals surface area contributed by atoms with Crippen molar-refractivity contribution in [2.45, 2.75) is 58.7 Å². The van der Waals surface area contributed by atoms with Gasteiger partial charge in [-0.25, -0.2) is 0 Å². The molecule has 3 aromatic rings. The number of pyridine rings is 1. The number of nitrogens with one attached hydrogen (secondary N) is 1. The van der Waals surface area contributed by atoms with Crippen molar-refractivity contribution in [2.24, 2.45) is 0 Å². The number of hydrogen-bond acceptors (Lipinski definition) is 3. The van der Waals surface area contributed by atoms with Gasteiger partial charge in [-0.3, -0.25) is 4.98 Å². The highest BCUT2D eigenvalue weighted by Crippen LogP contribution is 2.42. The lowest BCUT2D eigenvalue weighted by Gasteiger charge is -2.30. The van der Waals surface area contributed by atoms with Gasteiger partial charge in [0.15, 0.2) is 5.11 Å². The van der Waals surface area contributed by atoms with Crippen LogP contribution in [0.5, 0.6) is 0 Å². The van der Waals surface area contributed by atoms with E-state index in [0.29, 0.717) is 0 Å². The van der Waals surface area contributed by atoms with E-state index in [-0.39, 0.29) is 18.2 Å². The maximum Gasteiger partial charge on any atom is 0.170 e. The monoisotopic (exact) mass is 460 g/mol. The van der Waals surface area contributed by atoms with Crippen LogP contribution in [0, 0.1) is 27.7 Å². The smallest absolute Gasteiger partial charge is 0.170 e. The molecule has 0 radical (unpaired) electrons. The molecule has 2 fully saturated rings. The van der Waals surface area contributed by atoms with Crippen LogP contribution < -0.4 is 5.32 Å². The first kappa shape index (κ1) is 22.1. The molecule has 2 aromatic heterocycles. The van der Waals surface area contributed by atoms with Gasteiger partial charge in [-0.15, -0.1) is 0 Å². The third kappa shape index (κ3) is 3.96. The van der Waals surface area contributed by atoms with Gasteiger partial charge in [0.05, 0.1) is 23.9 Å². The molecule has 1 N–H and O–H groups in total. The molecule has 1 aromatic carbocycles. The van der Waals surface area contributed by atoms with E-state index in [9.17, 15) is 0 Å². The number of hydrogen-bond donors (Lipinski definition) is 1. The molecule has 5 rings (SSSR count). The summed E-state index contributed by atoms with van der Waals surface area (Å²) in [7, 11) is 0. The molecule has 0 aliphatic carbocycles. The second kappa shape index (κ2) is 8.92. The molecule has 0 spiro atoms. The first-order valence-corrected chi connectivity index (χ1v) is 12.2. The standard InChI is InChI=1S/C27H32N4OS/c1-17-9-7-12-24(19(17)3)31-18(2)15-22(20(31)4)26-25(23-11-5-6-13-28-23)29-27(33)30(26)16-21-10-8-14-32-21/h5-7,9,11-13,15,21,25-26H,8,10,14,16H2,1-4H3,(H,29,33)/t21-,25-,26+/m0/s1. The van der Waals surface area contributed by atoms with E-state index in [0.717, 1.165) is 36.8 Å². The average molecular weight is 461 g/mol. The predicted molar refractivity (Wildman–Crippen MR) is 136 cm³/mol. The first-order valence-electron chi connectivity index (χ1n) is 11.8. The van der Waals surface area contributed by atoms with Gasteiger partial charge >= 0.3 is 0 Å². The highest BCUT2D eigenvalue weighted by Gasteiger charge is 2.42. The number of rotatable bonds is 5. The Bertz CT molecular complexity index is 1170. The van der Waals surface area contributed by atoms with Gasteiger partial charge < -0.3 is 19.5 Å². The Morgan fingerprint density at radius 2 is 1.97 bits per heavy atom. The molecule has 0 saturated carbocycles. The maximum absolute atomic E-state index is 6.00. The number of ether oxygens (including phenoxy) is 1. The van der Waals surface area contributed by atoms with Crippen LogP contribution in [-0.4, -0.2) is 38.8 Å². The van der Waals surface area contributed by atoms with E-state index >= 15 is 0 Å². The predicted octanol–water partition coefficient (Wildman–Crippen LogP) is 5.26. The van der Waals surface area contributed by atoms with Gasteiger partial charge in [0.2, 0.25) is 0 Å². The zero-order chi connectivity index (χ0) is 23.1. The van der Waals surface area contributed by atoms with Gasteiger partial charge in [0.25, 0.3) is 0 Å². The Morgan fingerprint density at radius 1 is 1.12 bits per heavy atom. The number of nitrogens with zero attached hydrogens (tertiary/aromatic N) is 3. The molecule has 6 heteroatoms. The summed E-state index contributed by atoms with van der Waals surface area (Å²) in [5, 5.41) is 4.37. The van der Waals surface area contributed by atoms with Crippen LogP contribution in [0.2, 0.25) is 0 Å². The summed E-state index contributed by atoms with van der Waals surface area (Å²) in [4.78, 5) is 7.03. The molecule has 4 heterocycles. The molecule has 2 aliphatic heterocycles. The summed E-state index contributed by atoms with van der Waals surface area (Å²) < 4.78 is 8.38. The molecule has 5 nitrogen and oxygen atoms in total. The summed E-state index contributed by atoms with van der Waals surface area (Å²) in [5.74, 6) is 0. The van der Waals surface area contributed by atoms with Crippen LogP contribution in [0.4, 0.5) is 0 Å². The minimum atomic E-state index is -0.00680. The van der Waals surface area contributed by atoms with Crippen LogP contribution in [0.1, 0.15) is 58.7 Å². The lowest BCUT2D eigenvalue weighted by molar-refractivity contribution is 0.0842. The summed E-state index contributed by atoms with van der Waals surface area (Å²) in [6.07, 6.45) is 4.28. The summed E-state index contributed by atoms with van der Waals surface area (Å²) in [5.41, 5.74) is 8.62. The zero-order valence-electron chi connectivity index (χ0n) is 19.8. The fraction of sp³-hybridized carbons (Fsp3) is 0.407. The van der Waals surface area contributed by atoms with Crippen molar-refractivity contribution in [3.8, 4) is 5.69 Å². The Kier molecular flexibility index (Phi) is 5.97. The van der Waals surface area contributed by atoms with Crippen LogP contribution in [0.3, 0.4) is 0 Å². The molecule has 2 aliphatic rings. The molecule has 0 amide bonds. The van der Waals surface area contributed by atoms with Crippen molar-refractivity contribution < 1.29 is 4.74 Å². The number of benzene rings is 1. The summed E-state index contributed by atoms with van der Waals surface area (Å²) >= 11 is 5.87. The Labute approximate surface area is 201 Å². The molecule has 0 bridgehead atoms. The van der Waals surface area contributed by atoms with Gasteiger partial charge in [-0.2, -0.15) is 0 Å². The largest absolute Gasteiger partial charge is 0.376 e. The van der Waals surface area contributed by atoms with E-state index in [1.54, 1.807) is 0 Å².